The molecule has 1 aromatic heterocycles. The minimum atomic E-state index is -0.940. The Morgan fingerprint density at radius 3 is 2.77 bits per heavy atom. The summed E-state index contributed by atoms with van der Waals surface area (Å²) in [6.07, 6.45) is 0.996. The fourth-order valence-corrected chi connectivity index (χ4v) is 4.80. The molecule has 1 atom stereocenters. The summed E-state index contributed by atoms with van der Waals surface area (Å²) >= 11 is 1.86. The first kappa shape index (κ1) is 21.1. The number of aliphatic carboxylic acids is 1. The number of carboxylic acid groups (broad SMARTS) is 1. The van der Waals surface area contributed by atoms with Gasteiger partial charge < -0.3 is 9.84 Å². The van der Waals surface area contributed by atoms with E-state index in [1.165, 1.54) is 16.0 Å². The van der Waals surface area contributed by atoms with E-state index in [-0.39, 0.29) is 6.42 Å². The lowest BCUT2D eigenvalue weighted by molar-refractivity contribution is -0.138. The second-order valence-corrected chi connectivity index (χ2v) is 8.80. The van der Waals surface area contributed by atoms with Gasteiger partial charge in [-0.05, 0) is 52.3 Å². The van der Waals surface area contributed by atoms with Crippen LogP contribution in [0.15, 0.2) is 60.0 Å². The van der Waals surface area contributed by atoms with Gasteiger partial charge in [-0.25, -0.2) is 0 Å². The number of nitrogens with zero attached hydrogens (tertiary/aromatic N) is 1. The molecule has 0 radical (unpaired) electrons. The summed E-state index contributed by atoms with van der Waals surface area (Å²) in [7, 11) is 0. The average Bonchev–Trinajstić information content (AvgIpc) is 3.24. The SMILES string of the molecule is [NH+]#CC(CC(=O)O)c1ccc(OCc2cccc(CN3CCc4sccc4C3)c2)cc1. The minimum absolute atomic E-state index is 0.138. The van der Waals surface area contributed by atoms with E-state index in [0.29, 0.717) is 12.4 Å². The van der Waals surface area contributed by atoms with Crippen molar-refractivity contribution in [1.29, 1.82) is 0 Å². The van der Waals surface area contributed by atoms with Gasteiger partial charge in [0.1, 0.15) is 18.3 Å². The van der Waals surface area contributed by atoms with Crippen molar-refractivity contribution in [1.82, 2.24) is 4.90 Å². The molecule has 3 aromatic rings. The maximum absolute atomic E-state index is 10.9. The molecule has 0 amide bonds. The number of fused-ring (bicyclic) bond motifs is 1. The normalized spacial score (nSPS) is 14.4. The molecule has 2 heterocycles. The van der Waals surface area contributed by atoms with Gasteiger partial charge in [-0.1, -0.05) is 36.4 Å². The number of hydrogen-bond acceptors (Lipinski definition) is 4. The third-order valence-corrected chi connectivity index (χ3v) is 6.55. The fourth-order valence-electron chi connectivity index (χ4n) is 3.91. The summed E-state index contributed by atoms with van der Waals surface area (Å²) in [5.74, 6) is -0.761. The van der Waals surface area contributed by atoms with E-state index in [1.54, 1.807) is 12.1 Å². The monoisotopic (exact) mass is 433 g/mol. The maximum Gasteiger partial charge on any atom is 0.305 e. The van der Waals surface area contributed by atoms with Gasteiger partial charge in [0.2, 0.25) is 0 Å². The van der Waals surface area contributed by atoms with Crippen LogP contribution in [0.25, 0.3) is 0 Å². The minimum Gasteiger partial charge on any atom is -0.489 e. The van der Waals surface area contributed by atoms with Gasteiger partial charge in [-0.2, -0.15) is 0 Å². The van der Waals surface area contributed by atoms with Gasteiger partial charge in [0.05, 0.1) is 6.42 Å². The number of rotatable bonds is 8. The molecule has 0 bridgehead atoms. The Bertz CT molecular complexity index is 1080. The van der Waals surface area contributed by atoms with Crippen molar-refractivity contribution in [3.8, 4) is 11.8 Å². The van der Waals surface area contributed by atoms with Crippen molar-refractivity contribution in [3.63, 3.8) is 0 Å². The molecule has 2 aromatic carbocycles. The van der Waals surface area contributed by atoms with Crippen LogP contribution in [0.5, 0.6) is 5.75 Å². The molecular weight excluding hydrogens is 408 g/mol. The van der Waals surface area contributed by atoms with E-state index in [4.69, 9.17) is 15.1 Å². The molecule has 0 aliphatic carbocycles. The largest absolute Gasteiger partial charge is 0.489 e. The zero-order valence-corrected chi connectivity index (χ0v) is 18.0. The first-order valence-electron chi connectivity index (χ1n) is 10.3. The highest BCUT2D eigenvalue weighted by Gasteiger charge is 2.19. The summed E-state index contributed by atoms with van der Waals surface area (Å²) in [5, 5.41) is 18.5. The predicted octanol–water partition coefficient (Wildman–Crippen LogP) is 3.22. The standard InChI is InChI=1S/C25H24N2O3S/c26-14-22(13-25(28)29)20-4-6-23(7-5-20)30-17-19-3-1-2-18(12-19)15-27-10-8-24-21(16-27)9-11-31-24/h1-7,9,11-12,22H,8,10,13,15-17H2,(H,28,29)/p+1. The van der Waals surface area contributed by atoms with E-state index in [1.807, 2.05) is 23.5 Å². The lowest BCUT2D eigenvalue weighted by Gasteiger charge is -2.27. The maximum atomic E-state index is 10.9. The molecule has 31 heavy (non-hydrogen) atoms. The summed E-state index contributed by atoms with van der Waals surface area (Å²) < 4.78 is 5.93. The molecule has 0 saturated heterocycles. The van der Waals surface area contributed by atoms with Gasteiger partial charge in [0.15, 0.2) is 0 Å². The number of benzene rings is 2. The van der Waals surface area contributed by atoms with Gasteiger partial charge in [0.25, 0.3) is 6.07 Å². The number of thiophene rings is 1. The quantitative estimate of drug-likeness (QED) is 0.572. The Hall–Kier alpha value is -3.14. The molecule has 1 unspecified atom stereocenters. The van der Waals surface area contributed by atoms with E-state index in [9.17, 15) is 4.79 Å². The lowest BCUT2D eigenvalue weighted by atomic mass is 9.97. The highest BCUT2D eigenvalue weighted by atomic mass is 32.1. The van der Waals surface area contributed by atoms with E-state index in [0.717, 1.165) is 37.2 Å². The third kappa shape index (κ3) is 5.52. The van der Waals surface area contributed by atoms with Crippen LogP contribution in [0.3, 0.4) is 0 Å². The number of nitrogens with one attached hydrogen (secondary N) is 1. The van der Waals surface area contributed by atoms with Gasteiger partial charge in [-0.15, -0.1) is 16.6 Å². The van der Waals surface area contributed by atoms with E-state index in [2.05, 4.69) is 46.7 Å². The molecule has 5 nitrogen and oxygen atoms in total. The second kappa shape index (κ2) is 9.78. The summed E-state index contributed by atoms with van der Waals surface area (Å²) in [5.41, 5.74) is 4.62. The molecule has 0 saturated carbocycles. The lowest BCUT2D eigenvalue weighted by Crippen LogP contribution is -2.29. The molecule has 1 aliphatic heterocycles. The summed E-state index contributed by atoms with van der Waals surface area (Å²) in [6, 6.07) is 20.3. The topological polar surface area (TPSA) is 73.6 Å². The van der Waals surface area contributed by atoms with Crippen LogP contribution in [0.2, 0.25) is 0 Å². The van der Waals surface area contributed by atoms with Gasteiger partial charge in [0, 0.05) is 24.5 Å². The molecule has 0 fully saturated rings. The zero-order chi connectivity index (χ0) is 21.6. The first-order chi connectivity index (χ1) is 15.1. The van der Waals surface area contributed by atoms with Crippen molar-refractivity contribution in [2.75, 3.05) is 6.54 Å². The smallest absolute Gasteiger partial charge is 0.305 e. The third-order valence-electron chi connectivity index (χ3n) is 5.53. The number of carbonyl (C=O) groups is 1. The summed E-state index contributed by atoms with van der Waals surface area (Å²) in [6.45, 7) is 3.51. The molecular formula is C25H25N2O3S+. The molecule has 0 spiro atoms. The van der Waals surface area contributed by atoms with Crippen molar-refractivity contribution >= 4 is 17.3 Å². The van der Waals surface area contributed by atoms with E-state index >= 15 is 0 Å². The Balaban J connectivity index is 1.33. The Kier molecular flexibility index (Phi) is 6.66. The van der Waals surface area contributed by atoms with Crippen LogP contribution in [-0.4, -0.2) is 22.5 Å². The number of ether oxygens (including phenoxy) is 1. The fraction of sp³-hybridized carbons (Fsp3) is 0.280. The van der Waals surface area contributed by atoms with Crippen LogP contribution in [-0.2, 0) is 30.9 Å². The molecule has 6 heteroatoms. The van der Waals surface area contributed by atoms with Gasteiger partial charge in [-0.3, -0.25) is 9.69 Å². The molecule has 2 N–H and O–H groups in total. The van der Waals surface area contributed by atoms with Crippen LogP contribution >= 0.6 is 11.3 Å². The first-order valence-corrected chi connectivity index (χ1v) is 11.2. The Morgan fingerprint density at radius 2 is 2.00 bits per heavy atom. The molecule has 1 aliphatic rings. The van der Waals surface area contributed by atoms with Gasteiger partial charge >= 0.3 is 5.97 Å². The van der Waals surface area contributed by atoms with Crippen molar-refractivity contribution in [2.24, 2.45) is 0 Å². The number of hydrogen-bond donors (Lipinski definition) is 2. The van der Waals surface area contributed by atoms with Crippen LogP contribution < -0.4 is 10.00 Å². The van der Waals surface area contributed by atoms with Crippen molar-refractivity contribution in [2.45, 2.75) is 38.5 Å². The molecule has 158 valence electrons. The molecule has 4 rings (SSSR count). The van der Waals surface area contributed by atoms with Crippen LogP contribution in [0.4, 0.5) is 0 Å². The van der Waals surface area contributed by atoms with Crippen LogP contribution in [0, 0.1) is 6.07 Å². The summed E-state index contributed by atoms with van der Waals surface area (Å²) in [4.78, 5) is 14.9. The van der Waals surface area contributed by atoms with Crippen molar-refractivity contribution < 1.29 is 19.9 Å². The Morgan fingerprint density at radius 1 is 1.19 bits per heavy atom. The average molecular weight is 434 g/mol. The van der Waals surface area contributed by atoms with Crippen LogP contribution in [0.1, 0.15) is 39.5 Å². The Labute approximate surface area is 186 Å². The highest BCUT2D eigenvalue weighted by Crippen LogP contribution is 2.25. The predicted molar refractivity (Wildman–Crippen MR) is 119 cm³/mol. The second-order valence-electron chi connectivity index (χ2n) is 7.80. The zero-order valence-electron chi connectivity index (χ0n) is 17.2. The van der Waals surface area contributed by atoms with Crippen molar-refractivity contribution in [3.05, 3.63) is 87.1 Å². The number of carboxylic acids is 1. The van der Waals surface area contributed by atoms with E-state index < -0.39 is 11.9 Å². The highest BCUT2D eigenvalue weighted by molar-refractivity contribution is 7.10.